The molecule has 1 fully saturated rings. The van der Waals surface area contributed by atoms with Gasteiger partial charge in [0.25, 0.3) is 5.91 Å². The Bertz CT molecular complexity index is 505. The second-order valence-electron chi connectivity index (χ2n) is 5.02. The Hall–Kier alpha value is -2.18. The van der Waals surface area contributed by atoms with Gasteiger partial charge in [-0.05, 0) is 12.8 Å². The van der Waals surface area contributed by atoms with Crippen LogP contribution in [0.5, 0.6) is 0 Å². The van der Waals surface area contributed by atoms with Crippen LogP contribution in [0.15, 0.2) is 12.4 Å². The summed E-state index contributed by atoms with van der Waals surface area (Å²) >= 11 is 0. The molecule has 2 atom stereocenters. The van der Waals surface area contributed by atoms with Gasteiger partial charge >= 0.3 is 0 Å². The fourth-order valence-electron chi connectivity index (χ4n) is 2.58. The van der Waals surface area contributed by atoms with E-state index in [4.69, 9.17) is 11.5 Å². The van der Waals surface area contributed by atoms with Crippen molar-refractivity contribution in [2.24, 2.45) is 11.7 Å². The summed E-state index contributed by atoms with van der Waals surface area (Å²) in [4.78, 5) is 31.4. The van der Waals surface area contributed by atoms with Crippen LogP contribution in [0, 0.1) is 5.92 Å². The van der Waals surface area contributed by atoms with Crippen molar-refractivity contribution >= 4 is 17.6 Å². The van der Waals surface area contributed by atoms with Gasteiger partial charge in [0.1, 0.15) is 0 Å². The molecule has 7 nitrogen and oxygen atoms in total. The number of primary amides is 1. The first-order valence-corrected chi connectivity index (χ1v) is 6.76. The van der Waals surface area contributed by atoms with Crippen LogP contribution >= 0.6 is 0 Å². The lowest BCUT2D eigenvalue weighted by molar-refractivity contribution is -0.122. The first-order chi connectivity index (χ1) is 9.59. The number of rotatable bonds is 3. The van der Waals surface area contributed by atoms with Gasteiger partial charge in [-0.15, -0.1) is 0 Å². The number of nitrogen functional groups attached to an aromatic ring is 1. The SMILES string of the molecule is NC(=O)[C@H]1CCCCC[C@H]1NC(=O)c1nccnc1N. The average molecular weight is 277 g/mol. The highest BCUT2D eigenvalue weighted by molar-refractivity contribution is 5.96. The van der Waals surface area contributed by atoms with Gasteiger partial charge in [0.05, 0.1) is 5.92 Å². The van der Waals surface area contributed by atoms with Crippen LogP contribution in [0.3, 0.4) is 0 Å². The predicted octanol–water partition coefficient (Wildman–Crippen LogP) is 0.223. The van der Waals surface area contributed by atoms with Gasteiger partial charge in [-0.1, -0.05) is 19.3 Å². The monoisotopic (exact) mass is 277 g/mol. The van der Waals surface area contributed by atoms with Crippen LogP contribution in [0.25, 0.3) is 0 Å². The van der Waals surface area contributed by atoms with Crippen molar-refractivity contribution in [3.63, 3.8) is 0 Å². The van der Waals surface area contributed by atoms with E-state index in [9.17, 15) is 9.59 Å². The molecule has 0 bridgehead atoms. The molecule has 5 N–H and O–H groups in total. The van der Waals surface area contributed by atoms with Crippen molar-refractivity contribution in [1.29, 1.82) is 0 Å². The topological polar surface area (TPSA) is 124 Å². The Morgan fingerprint density at radius 3 is 2.55 bits per heavy atom. The molecule has 0 saturated heterocycles. The van der Waals surface area contributed by atoms with Gasteiger partial charge in [0, 0.05) is 18.4 Å². The van der Waals surface area contributed by atoms with E-state index >= 15 is 0 Å². The summed E-state index contributed by atoms with van der Waals surface area (Å²) < 4.78 is 0. The van der Waals surface area contributed by atoms with E-state index in [-0.39, 0.29) is 29.4 Å². The molecule has 0 unspecified atom stereocenters. The van der Waals surface area contributed by atoms with Crippen molar-refractivity contribution in [2.45, 2.75) is 38.1 Å². The third-order valence-electron chi connectivity index (χ3n) is 3.64. The molecular weight excluding hydrogens is 258 g/mol. The Labute approximate surface area is 117 Å². The average Bonchev–Trinajstić information content (AvgIpc) is 2.64. The number of nitrogens with two attached hydrogens (primary N) is 2. The zero-order valence-corrected chi connectivity index (χ0v) is 11.2. The maximum Gasteiger partial charge on any atom is 0.273 e. The number of hydrogen-bond donors (Lipinski definition) is 3. The number of nitrogens with zero attached hydrogens (tertiary/aromatic N) is 2. The third-order valence-corrected chi connectivity index (χ3v) is 3.64. The number of hydrogen-bond acceptors (Lipinski definition) is 5. The van der Waals surface area contributed by atoms with Crippen LogP contribution in [-0.4, -0.2) is 27.8 Å². The molecule has 1 saturated carbocycles. The highest BCUT2D eigenvalue weighted by atomic mass is 16.2. The van der Waals surface area contributed by atoms with Crippen LogP contribution in [-0.2, 0) is 4.79 Å². The molecule has 0 radical (unpaired) electrons. The maximum atomic E-state index is 12.2. The van der Waals surface area contributed by atoms with Crippen LogP contribution in [0.1, 0.15) is 42.6 Å². The lowest BCUT2D eigenvalue weighted by Gasteiger charge is -2.23. The molecule has 2 rings (SSSR count). The van der Waals surface area contributed by atoms with Crippen molar-refractivity contribution in [3.8, 4) is 0 Å². The number of anilines is 1. The smallest absolute Gasteiger partial charge is 0.273 e. The van der Waals surface area contributed by atoms with E-state index in [0.717, 1.165) is 25.7 Å². The molecule has 1 aliphatic rings. The number of aromatic nitrogens is 2. The largest absolute Gasteiger partial charge is 0.382 e. The number of carbonyl (C=O) groups excluding carboxylic acids is 2. The summed E-state index contributed by atoms with van der Waals surface area (Å²) in [6.07, 6.45) is 7.23. The summed E-state index contributed by atoms with van der Waals surface area (Å²) in [7, 11) is 0. The molecule has 7 heteroatoms. The molecule has 1 aromatic heterocycles. The Kier molecular flexibility index (Phi) is 4.49. The number of amides is 2. The Morgan fingerprint density at radius 1 is 1.15 bits per heavy atom. The van der Waals surface area contributed by atoms with E-state index in [1.807, 2.05) is 0 Å². The van der Waals surface area contributed by atoms with Crippen LogP contribution in [0.2, 0.25) is 0 Å². The molecule has 2 amide bonds. The fraction of sp³-hybridized carbons (Fsp3) is 0.538. The molecule has 1 aliphatic carbocycles. The van der Waals surface area contributed by atoms with Crippen LogP contribution in [0.4, 0.5) is 5.82 Å². The lowest BCUT2D eigenvalue weighted by Crippen LogP contribution is -2.45. The summed E-state index contributed by atoms with van der Waals surface area (Å²) in [5.74, 6) is -1.04. The first-order valence-electron chi connectivity index (χ1n) is 6.76. The lowest BCUT2D eigenvalue weighted by atomic mass is 9.94. The normalized spacial score (nSPS) is 22.8. The van der Waals surface area contributed by atoms with Crippen molar-refractivity contribution in [3.05, 3.63) is 18.1 Å². The minimum atomic E-state index is -0.409. The van der Waals surface area contributed by atoms with Crippen molar-refractivity contribution in [1.82, 2.24) is 15.3 Å². The molecule has 108 valence electrons. The second kappa shape index (κ2) is 6.31. The van der Waals surface area contributed by atoms with E-state index < -0.39 is 5.91 Å². The summed E-state index contributed by atoms with van der Waals surface area (Å²) in [6.45, 7) is 0. The van der Waals surface area contributed by atoms with Gasteiger partial charge in [0.15, 0.2) is 11.5 Å². The van der Waals surface area contributed by atoms with E-state index in [1.165, 1.54) is 12.4 Å². The Balaban J connectivity index is 2.12. The summed E-state index contributed by atoms with van der Waals surface area (Å²) in [5, 5.41) is 2.83. The van der Waals surface area contributed by atoms with Gasteiger partial charge < -0.3 is 16.8 Å². The molecule has 0 aliphatic heterocycles. The highest BCUT2D eigenvalue weighted by Crippen LogP contribution is 2.23. The van der Waals surface area contributed by atoms with Gasteiger partial charge in [-0.2, -0.15) is 0 Å². The standard InChI is InChI=1S/C13H19N5O2/c14-11-10(16-6-7-17-11)13(20)18-9-5-3-1-2-4-8(9)12(15)19/h6-9H,1-5H2,(H2,14,17)(H2,15,19)(H,18,20)/t8-,9+/m0/s1. The van der Waals surface area contributed by atoms with Gasteiger partial charge in [0.2, 0.25) is 5.91 Å². The molecule has 1 heterocycles. The maximum absolute atomic E-state index is 12.2. The molecule has 0 aromatic carbocycles. The van der Waals surface area contributed by atoms with E-state index in [1.54, 1.807) is 0 Å². The number of carbonyl (C=O) groups is 2. The van der Waals surface area contributed by atoms with Gasteiger partial charge in [-0.3, -0.25) is 9.59 Å². The minimum Gasteiger partial charge on any atom is -0.382 e. The van der Waals surface area contributed by atoms with E-state index in [0.29, 0.717) is 6.42 Å². The summed E-state index contributed by atoms with van der Waals surface area (Å²) in [5.41, 5.74) is 11.1. The van der Waals surface area contributed by atoms with Crippen molar-refractivity contribution in [2.75, 3.05) is 5.73 Å². The van der Waals surface area contributed by atoms with E-state index in [2.05, 4.69) is 15.3 Å². The number of nitrogens with one attached hydrogen (secondary N) is 1. The zero-order chi connectivity index (χ0) is 14.5. The zero-order valence-electron chi connectivity index (χ0n) is 11.2. The second-order valence-corrected chi connectivity index (χ2v) is 5.02. The molecule has 1 aromatic rings. The highest BCUT2D eigenvalue weighted by Gasteiger charge is 2.30. The minimum absolute atomic E-state index is 0.0780. The summed E-state index contributed by atoms with van der Waals surface area (Å²) in [6, 6.07) is -0.260. The molecular formula is C13H19N5O2. The van der Waals surface area contributed by atoms with Gasteiger partial charge in [-0.25, -0.2) is 9.97 Å². The molecule has 20 heavy (non-hydrogen) atoms. The fourth-order valence-corrected chi connectivity index (χ4v) is 2.58. The molecule has 0 spiro atoms. The quantitative estimate of drug-likeness (QED) is 0.682. The predicted molar refractivity (Wildman–Crippen MR) is 73.5 cm³/mol. The van der Waals surface area contributed by atoms with Crippen LogP contribution < -0.4 is 16.8 Å². The first kappa shape index (κ1) is 14.2. The third kappa shape index (κ3) is 3.23. The Morgan fingerprint density at radius 2 is 1.85 bits per heavy atom. The van der Waals surface area contributed by atoms with Crippen molar-refractivity contribution < 1.29 is 9.59 Å².